The summed E-state index contributed by atoms with van der Waals surface area (Å²) in [6.07, 6.45) is 6.62. The van der Waals surface area contributed by atoms with Crippen molar-refractivity contribution in [1.82, 2.24) is 19.8 Å². The maximum Gasteiger partial charge on any atom is 0.131 e. The smallest absolute Gasteiger partial charge is 0.131 e. The minimum atomic E-state index is 0.218. The quantitative estimate of drug-likeness (QED) is 0.940. The molecule has 5 rings (SSSR count). The van der Waals surface area contributed by atoms with Gasteiger partial charge in [0.15, 0.2) is 0 Å². The number of nitrogens with one attached hydrogen (secondary N) is 1. The highest BCUT2D eigenvalue weighted by Gasteiger charge is 2.36. The van der Waals surface area contributed by atoms with E-state index < -0.39 is 0 Å². The van der Waals surface area contributed by atoms with Crippen LogP contribution in [0.4, 0.5) is 0 Å². The minimum Gasteiger partial charge on any atom is -0.336 e. The first-order valence-electron chi connectivity index (χ1n) is 7.80. The van der Waals surface area contributed by atoms with Gasteiger partial charge >= 0.3 is 0 Å². The van der Waals surface area contributed by atoms with Gasteiger partial charge < -0.3 is 9.47 Å². The summed E-state index contributed by atoms with van der Waals surface area (Å²) in [5.74, 6) is 1.95. The fourth-order valence-electron chi connectivity index (χ4n) is 3.76. The Morgan fingerprint density at radius 1 is 1.38 bits per heavy atom. The molecule has 3 aliphatic rings. The van der Waals surface area contributed by atoms with Gasteiger partial charge in [0, 0.05) is 36.9 Å². The van der Waals surface area contributed by atoms with Gasteiger partial charge in [-0.25, -0.2) is 4.98 Å². The highest BCUT2D eigenvalue weighted by molar-refractivity contribution is 7.10. The number of aromatic nitrogens is 2. The van der Waals surface area contributed by atoms with Gasteiger partial charge in [-0.1, -0.05) is 6.07 Å². The molecule has 2 bridgehead atoms. The molecule has 4 nitrogen and oxygen atoms in total. The van der Waals surface area contributed by atoms with E-state index in [0.717, 1.165) is 11.7 Å². The van der Waals surface area contributed by atoms with Crippen molar-refractivity contribution < 1.29 is 0 Å². The van der Waals surface area contributed by atoms with Crippen LogP contribution in [0.5, 0.6) is 0 Å². The van der Waals surface area contributed by atoms with Crippen molar-refractivity contribution in [3.63, 3.8) is 0 Å². The lowest BCUT2D eigenvalue weighted by Gasteiger charge is -2.46. The summed E-state index contributed by atoms with van der Waals surface area (Å²) in [5, 5.41) is 6.07. The molecule has 21 heavy (non-hydrogen) atoms. The van der Waals surface area contributed by atoms with Crippen LogP contribution in [0.15, 0.2) is 29.9 Å². The highest BCUT2D eigenvalue weighted by Crippen LogP contribution is 2.32. The van der Waals surface area contributed by atoms with Crippen LogP contribution in [-0.4, -0.2) is 40.1 Å². The average molecular weight is 302 g/mol. The molecule has 1 N–H and O–H groups in total. The molecule has 0 saturated carbocycles. The Balaban J connectivity index is 1.60. The predicted octanol–water partition coefficient (Wildman–Crippen LogP) is 2.25. The molecule has 0 aliphatic carbocycles. The van der Waals surface area contributed by atoms with E-state index in [2.05, 4.69) is 44.3 Å². The van der Waals surface area contributed by atoms with Crippen LogP contribution in [0.3, 0.4) is 0 Å². The summed E-state index contributed by atoms with van der Waals surface area (Å²) in [4.78, 5) is 8.55. The van der Waals surface area contributed by atoms with E-state index in [9.17, 15) is 0 Å². The van der Waals surface area contributed by atoms with Gasteiger partial charge in [0.2, 0.25) is 0 Å². The van der Waals surface area contributed by atoms with E-state index >= 15 is 0 Å². The van der Waals surface area contributed by atoms with Crippen LogP contribution in [0.1, 0.15) is 29.6 Å². The molecule has 2 aromatic rings. The third kappa shape index (κ3) is 2.54. The van der Waals surface area contributed by atoms with E-state index in [1.54, 1.807) is 0 Å². The Hall–Kier alpha value is -1.17. The molecule has 0 amide bonds. The molecular formula is C16H22N4S. The molecule has 3 aliphatic heterocycles. The molecule has 5 heteroatoms. The van der Waals surface area contributed by atoms with Crippen LogP contribution in [0, 0.1) is 5.92 Å². The van der Waals surface area contributed by atoms with E-state index in [0.29, 0.717) is 6.04 Å². The Labute approximate surface area is 129 Å². The number of hydrogen-bond acceptors (Lipinski definition) is 4. The Morgan fingerprint density at radius 2 is 2.24 bits per heavy atom. The number of nitrogens with zero attached hydrogens (tertiary/aromatic N) is 3. The lowest BCUT2D eigenvalue weighted by atomic mass is 9.83. The topological polar surface area (TPSA) is 33.1 Å². The summed E-state index contributed by atoms with van der Waals surface area (Å²) in [5.41, 5.74) is 0. The summed E-state index contributed by atoms with van der Waals surface area (Å²) < 4.78 is 2.14. The average Bonchev–Trinajstić information content (AvgIpc) is 3.18. The number of imidazole rings is 1. The van der Waals surface area contributed by atoms with E-state index in [-0.39, 0.29) is 6.04 Å². The van der Waals surface area contributed by atoms with Gasteiger partial charge in [-0.3, -0.25) is 5.32 Å². The summed E-state index contributed by atoms with van der Waals surface area (Å²) in [6.45, 7) is 3.76. The number of thiophene rings is 1. The van der Waals surface area contributed by atoms with Gasteiger partial charge in [-0.15, -0.1) is 11.3 Å². The van der Waals surface area contributed by atoms with Crippen molar-refractivity contribution in [3.05, 3.63) is 40.6 Å². The van der Waals surface area contributed by atoms with Gasteiger partial charge in [-0.2, -0.15) is 0 Å². The van der Waals surface area contributed by atoms with Crippen molar-refractivity contribution in [2.75, 3.05) is 19.6 Å². The lowest BCUT2D eigenvalue weighted by molar-refractivity contribution is 0.0687. The van der Waals surface area contributed by atoms with Crippen molar-refractivity contribution in [1.29, 1.82) is 0 Å². The zero-order chi connectivity index (χ0) is 14.2. The van der Waals surface area contributed by atoms with E-state index in [4.69, 9.17) is 0 Å². The van der Waals surface area contributed by atoms with Crippen LogP contribution < -0.4 is 5.32 Å². The Kier molecular flexibility index (Phi) is 3.57. The van der Waals surface area contributed by atoms with Crippen molar-refractivity contribution in [2.45, 2.75) is 24.9 Å². The van der Waals surface area contributed by atoms with Crippen LogP contribution in [0.25, 0.3) is 0 Å². The molecule has 2 atom stereocenters. The predicted molar refractivity (Wildman–Crippen MR) is 85.5 cm³/mol. The Bertz CT molecular complexity index is 583. The molecule has 3 fully saturated rings. The maximum absolute atomic E-state index is 4.59. The first-order valence-corrected chi connectivity index (χ1v) is 8.68. The van der Waals surface area contributed by atoms with Gasteiger partial charge in [-0.05, 0) is 43.3 Å². The molecule has 3 saturated heterocycles. The SMILES string of the molecule is Cn1ccnc1C(NC1CN2CCC1CC2)c1cccs1. The van der Waals surface area contributed by atoms with Gasteiger partial charge in [0.25, 0.3) is 0 Å². The number of piperidine rings is 3. The van der Waals surface area contributed by atoms with E-state index in [1.807, 2.05) is 23.7 Å². The second-order valence-electron chi connectivity index (χ2n) is 6.26. The third-order valence-electron chi connectivity index (χ3n) is 4.98. The molecule has 5 heterocycles. The highest BCUT2D eigenvalue weighted by atomic mass is 32.1. The minimum absolute atomic E-state index is 0.218. The zero-order valence-electron chi connectivity index (χ0n) is 12.4. The fourth-order valence-corrected chi connectivity index (χ4v) is 4.54. The number of fused-ring (bicyclic) bond motifs is 3. The lowest BCUT2D eigenvalue weighted by Crippen LogP contribution is -2.56. The third-order valence-corrected chi connectivity index (χ3v) is 5.92. The zero-order valence-corrected chi connectivity index (χ0v) is 13.2. The fraction of sp³-hybridized carbons (Fsp3) is 0.562. The normalized spacial score (nSPS) is 29.7. The molecule has 0 aromatic carbocycles. The number of rotatable bonds is 4. The second-order valence-corrected chi connectivity index (χ2v) is 7.24. The van der Waals surface area contributed by atoms with Crippen molar-refractivity contribution >= 4 is 11.3 Å². The van der Waals surface area contributed by atoms with Crippen molar-refractivity contribution in [3.8, 4) is 0 Å². The van der Waals surface area contributed by atoms with Crippen LogP contribution in [-0.2, 0) is 7.05 Å². The standard InChI is InChI=1S/C16H22N4S/c1-19-9-6-17-16(19)15(14-3-2-10-21-14)18-13-11-20-7-4-12(13)5-8-20/h2-3,6,9-10,12-13,15,18H,4-5,7-8,11H2,1H3. The number of aryl methyl sites for hydroxylation is 1. The first-order chi connectivity index (χ1) is 10.3. The molecule has 2 aromatic heterocycles. The van der Waals surface area contributed by atoms with Crippen LogP contribution >= 0.6 is 11.3 Å². The van der Waals surface area contributed by atoms with Crippen LogP contribution in [0.2, 0.25) is 0 Å². The van der Waals surface area contributed by atoms with Crippen molar-refractivity contribution in [2.24, 2.45) is 13.0 Å². The molecule has 0 spiro atoms. The Morgan fingerprint density at radius 3 is 2.81 bits per heavy atom. The van der Waals surface area contributed by atoms with E-state index in [1.165, 1.54) is 37.4 Å². The summed E-state index contributed by atoms with van der Waals surface area (Å²) >= 11 is 1.82. The largest absolute Gasteiger partial charge is 0.336 e. The monoisotopic (exact) mass is 302 g/mol. The number of hydrogen-bond donors (Lipinski definition) is 1. The maximum atomic E-state index is 4.59. The van der Waals surface area contributed by atoms with Gasteiger partial charge in [0.1, 0.15) is 11.9 Å². The molecule has 0 radical (unpaired) electrons. The molecular weight excluding hydrogens is 280 g/mol. The summed E-state index contributed by atoms with van der Waals surface area (Å²) in [7, 11) is 2.08. The summed E-state index contributed by atoms with van der Waals surface area (Å²) in [6, 6.07) is 5.17. The second kappa shape index (κ2) is 5.55. The first kappa shape index (κ1) is 13.5. The molecule has 2 unspecified atom stereocenters. The molecule has 112 valence electrons. The van der Waals surface area contributed by atoms with Gasteiger partial charge in [0.05, 0.1) is 0 Å².